The minimum absolute atomic E-state index is 0. The van der Waals surface area contributed by atoms with Crippen molar-refractivity contribution in [1.82, 2.24) is 12.3 Å². The molecule has 1 heterocycles. The van der Waals surface area contributed by atoms with Crippen LogP contribution in [-0.2, 0) is 9.53 Å². The summed E-state index contributed by atoms with van der Waals surface area (Å²) in [5, 5.41) is 0. The molecule has 0 aliphatic carbocycles. The zero-order valence-corrected chi connectivity index (χ0v) is 6.27. The fourth-order valence-corrected chi connectivity index (χ4v) is 0.806. The van der Waals surface area contributed by atoms with E-state index in [2.05, 4.69) is 0 Å². The van der Waals surface area contributed by atoms with Crippen molar-refractivity contribution in [2.24, 2.45) is 0 Å². The van der Waals surface area contributed by atoms with Gasteiger partial charge in [-0.3, -0.25) is 4.79 Å². The summed E-state index contributed by atoms with van der Waals surface area (Å²) >= 11 is 0. The summed E-state index contributed by atoms with van der Waals surface area (Å²) in [5.74, 6) is -0.0255. The van der Waals surface area contributed by atoms with E-state index < -0.39 is 0 Å². The summed E-state index contributed by atoms with van der Waals surface area (Å²) in [5.41, 5.74) is 0. The summed E-state index contributed by atoms with van der Waals surface area (Å²) in [6.45, 7) is 0.638. The van der Waals surface area contributed by atoms with E-state index in [-0.39, 0.29) is 18.3 Å². The third-order valence-electron chi connectivity index (χ3n) is 1.29. The molecule has 0 aromatic carbocycles. The number of hydrogen-bond acceptors (Lipinski definition) is 4. The van der Waals surface area contributed by atoms with E-state index in [9.17, 15) is 4.79 Å². The molecule has 0 bridgehead atoms. The summed E-state index contributed by atoms with van der Waals surface area (Å²) < 4.78 is 4.76. The molecule has 1 rings (SSSR count). The van der Waals surface area contributed by atoms with Gasteiger partial charge >= 0.3 is 5.97 Å². The molecule has 0 atom stereocenters. The molecule has 0 unspecified atom stereocenters. The van der Waals surface area contributed by atoms with Gasteiger partial charge in [-0.1, -0.05) is 0 Å². The van der Waals surface area contributed by atoms with Gasteiger partial charge in [0.05, 0.1) is 6.61 Å². The van der Waals surface area contributed by atoms with Gasteiger partial charge in [0.1, 0.15) is 0 Å². The zero-order valence-electron chi connectivity index (χ0n) is 6.27. The van der Waals surface area contributed by atoms with Crippen LogP contribution in [0.25, 0.3) is 0 Å². The van der Waals surface area contributed by atoms with Gasteiger partial charge < -0.3 is 17.0 Å². The first kappa shape index (κ1) is 12.1. The lowest BCUT2D eigenvalue weighted by Crippen LogP contribution is -2.00. The number of rotatable bonds is 0. The lowest BCUT2D eigenvalue weighted by atomic mass is 10.2. The highest BCUT2D eigenvalue weighted by Gasteiger charge is 2.05. The van der Waals surface area contributed by atoms with Crippen molar-refractivity contribution >= 4 is 5.97 Å². The largest absolute Gasteiger partial charge is 0.466 e. The molecule has 1 aliphatic heterocycles. The van der Waals surface area contributed by atoms with Crippen molar-refractivity contribution < 1.29 is 9.53 Å². The maximum Gasteiger partial charge on any atom is 0.305 e. The highest BCUT2D eigenvalue weighted by molar-refractivity contribution is 5.69. The predicted molar refractivity (Wildman–Crippen MR) is 39.5 cm³/mol. The van der Waals surface area contributed by atoms with E-state index in [0.29, 0.717) is 13.0 Å². The minimum Gasteiger partial charge on any atom is -0.466 e. The molecule has 0 aromatic rings. The maximum absolute atomic E-state index is 10.5. The first-order chi connectivity index (χ1) is 3.89. The van der Waals surface area contributed by atoms with Crippen molar-refractivity contribution in [3.63, 3.8) is 0 Å². The van der Waals surface area contributed by atoms with Gasteiger partial charge in [-0.25, -0.2) is 0 Å². The molecule has 6 N–H and O–H groups in total. The Morgan fingerprint density at radius 1 is 1.10 bits per heavy atom. The predicted octanol–water partition coefficient (Wildman–Crippen LogP) is 1.43. The molecule has 1 aliphatic rings. The van der Waals surface area contributed by atoms with Gasteiger partial charge in [-0.2, -0.15) is 0 Å². The molecular weight excluding hydrogens is 132 g/mol. The molecule has 0 spiro atoms. The van der Waals surface area contributed by atoms with Crippen molar-refractivity contribution in [2.75, 3.05) is 6.61 Å². The summed E-state index contributed by atoms with van der Waals surface area (Å²) in [7, 11) is 0. The smallest absolute Gasteiger partial charge is 0.305 e. The number of esters is 1. The number of cyclic esters (lactones) is 1. The fraction of sp³-hybridized carbons (Fsp3) is 0.833. The number of ether oxygens (including phenoxy) is 1. The Morgan fingerprint density at radius 3 is 2.50 bits per heavy atom. The lowest BCUT2D eigenvalue weighted by molar-refractivity contribution is -0.142. The van der Waals surface area contributed by atoms with E-state index in [1.807, 2.05) is 0 Å². The molecule has 1 saturated heterocycles. The third-order valence-corrected chi connectivity index (χ3v) is 1.29. The quantitative estimate of drug-likeness (QED) is 0.508. The van der Waals surface area contributed by atoms with Crippen LogP contribution in [0.1, 0.15) is 25.7 Å². The fourth-order valence-electron chi connectivity index (χ4n) is 0.806. The van der Waals surface area contributed by atoms with Crippen LogP contribution in [0.3, 0.4) is 0 Å². The van der Waals surface area contributed by atoms with Crippen molar-refractivity contribution in [1.29, 1.82) is 0 Å². The second-order valence-corrected chi connectivity index (χ2v) is 2.03. The lowest BCUT2D eigenvalue weighted by Gasteiger charge is -1.93. The number of carbonyl (C=O) groups excluding carboxylic acids is 1. The van der Waals surface area contributed by atoms with Gasteiger partial charge in [-0.15, -0.1) is 0 Å². The Bertz CT molecular complexity index is 85.7. The van der Waals surface area contributed by atoms with Crippen molar-refractivity contribution in [3.05, 3.63) is 0 Å². The summed E-state index contributed by atoms with van der Waals surface area (Å²) in [6.07, 6.45) is 3.83. The summed E-state index contributed by atoms with van der Waals surface area (Å²) in [6, 6.07) is 0. The second kappa shape index (κ2) is 6.51. The molecule has 4 nitrogen and oxygen atoms in total. The van der Waals surface area contributed by atoms with Crippen LogP contribution in [0.4, 0.5) is 0 Å². The van der Waals surface area contributed by atoms with Crippen molar-refractivity contribution in [2.45, 2.75) is 25.7 Å². The van der Waals surface area contributed by atoms with Crippen LogP contribution >= 0.6 is 0 Å². The van der Waals surface area contributed by atoms with Crippen LogP contribution in [0, 0.1) is 0 Å². The van der Waals surface area contributed by atoms with Crippen LogP contribution in [-0.4, -0.2) is 12.6 Å². The third kappa shape index (κ3) is 4.29. The van der Waals surface area contributed by atoms with Gasteiger partial charge in [-0.05, 0) is 19.3 Å². The maximum atomic E-state index is 10.5. The molecule has 4 heteroatoms. The van der Waals surface area contributed by atoms with E-state index in [1.54, 1.807) is 0 Å². The average molecular weight is 148 g/mol. The molecule has 0 amide bonds. The van der Waals surface area contributed by atoms with Crippen LogP contribution in [0.15, 0.2) is 0 Å². The van der Waals surface area contributed by atoms with E-state index in [4.69, 9.17) is 4.74 Å². The van der Waals surface area contributed by atoms with E-state index in [1.165, 1.54) is 0 Å². The minimum atomic E-state index is -0.0255. The molecule has 1 fully saturated rings. The first-order valence-electron chi connectivity index (χ1n) is 3.05. The van der Waals surface area contributed by atoms with Gasteiger partial charge in [0.25, 0.3) is 0 Å². The molecule has 0 radical (unpaired) electrons. The highest BCUT2D eigenvalue weighted by Crippen LogP contribution is 2.06. The SMILES string of the molecule is N.N.O=C1CCCCCO1. The molecule has 0 saturated carbocycles. The van der Waals surface area contributed by atoms with Crippen LogP contribution in [0.2, 0.25) is 0 Å². The second-order valence-electron chi connectivity index (χ2n) is 2.03. The van der Waals surface area contributed by atoms with Gasteiger partial charge in [0, 0.05) is 6.42 Å². The Hall–Kier alpha value is -0.610. The topological polar surface area (TPSA) is 96.3 Å². The Balaban J connectivity index is 0. The van der Waals surface area contributed by atoms with Gasteiger partial charge in [0.15, 0.2) is 0 Å². The monoisotopic (exact) mass is 148 g/mol. The molecule has 0 aromatic heterocycles. The van der Waals surface area contributed by atoms with E-state index >= 15 is 0 Å². The number of carbonyl (C=O) groups is 1. The molecule has 62 valence electrons. The molecule has 10 heavy (non-hydrogen) atoms. The standard InChI is InChI=1S/C6H10O2.2H3N/c7-6-4-2-1-3-5-8-6;;/h1-5H2;2*1H3. The Morgan fingerprint density at radius 2 is 1.80 bits per heavy atom. The normalized spacial score (nSPS) is 17.4. The Kier molecular flexibility index (Phi) is 7.88. The van der Waals surface area contributed by atoms with E-state index in [0.717, 1.165) is 19.3 Å². The van der Waals surface area contributed by atoms with Gasteiger partial charge in [0.2, 0.25) is 0 Å². The first-order valence-corrected chi connectivity index (χ1v) is 3.05. The van der Waals surface area contributed by atoms with Crippen molar-refractivity contribution in [3.8, 4) is 0 Å². The Labute approximate surface area is 61.1 Å². The summed E-state index contributed by atoms with van der Waals surface area (Å²) in [4.78, 5) is 10.5. The highest BCUT2D eigenvalue weighted by atomic mass is 16.5. The average Bonchev–Trinajstić information content (AvgIpc) is 1.94. The zero-order chi connectivity index (χ0) is 5.82. The van der Waals surface area contributed by atoms with Crippen LogP contribution < -0.4 is 12.3 Å². The number of hydrogen-bond donors (Lipinski definition) is 2. The molecular formula is C6H16N2O2. The van der Waals surface area contributed by atoms with Crippen LogP contribution in [0.5, 0.6) is 0 Å².